The van der Waals surface area contributed by atoms with Crippen molar-refractivity contribution in [2.24, 2.45) is 5.92 Å². The molecule has 1 aliphatic heterocycles. The average Bonchev–Trinajstić information content (AvgIpc) is 2.61. The second-order valence-corrected chi connectivity index (χ2v) is 7.30. The van der Waals surface area contributed by atoms with Gasteiger partial charge in [0.05, 0.1) is 12.6 Å². The highest BCUT2D eigenvalue weighted by atomic mass is 16.2. The van der Waals surface area contributed by atoms with Crippen LogP contribution in [0, 0.1) is 17.8 Å². The van der Waals surface area contributed by atoms with Crippen LogP contribution >= 0.6 is 0 Å². The Morgan fingerprint density at radius 3 is 2.36 bits per heavy atom. The minimum Gasteiger partial charge on any atom is -0.330 e. The number of rotatable bonds is 5. The molecule has 1 amide bonds. The van der Waals surface area contributed by atoms with Gasteiger partial charge in [0.15, 0.2) is 0 Å². The van der Waals surface area contributed by atoms with E-state index < -0.39 is 0 Å². The molecule has 1 aromatic carbocycles. The predicted molar refractivity (Wildman–Crippen MR) is 103 cm³/mol. The topological polar surface area (TPSA) is 26.8 Å². The number of carbonyl (C=O) groups is 1. The maximum absolute atomic E-state index is 13.0. The van der Waals surface area contributed by atoms with E-state index in [0.717, 1.165) is 38.3 Å². The molecule has 0 N–H and O–H groups in total. The first-order chi connectivity index (χ1) is 12.0. The van der Waals surface area contributed by atoms with Crippen LogP contribution in [0.25, 0.3) is 0 Å². The van der Waals surface area contributed by atoms with Crippen molar-refractivity contribution >= 4 is 5.91 Å². The Hall–Kier alpha value is -1.83. The minimum absolute atomic E-state index is 0.0778. The summed E-state index contributed by atoms with van der Waals surface area (Å²) in [5, 5.41) is 0. The summed E-state index contributed by atoms with van der Waals surface area (Å²) in [5.41, 5.74) is 0.992. The molecular formula is C21H31N3O. The summed E-state index contributed by atoms with van der Waals surface area (Å²) >= 11 is 0. The molecule has 1 saturated heterocycles. The number of hydrogen-bond donors (Lipinski definition) is 0. The molecule has 0 unspecified atom stereocenters. The van der Waals surface area contributed by atoms with E-state index in [2.05, 4.69) is 42.5 Å². The van der Waals surface area contributed by atoms with Crippen LogP contribution in [0.4, 0.5) is 0 Å². The Bertz CT molecular complexity index is 595. The molecule has 1 heterocycles. The highest BCUT2D eigenvalue weighted by Gasteiger charge is 2.27. The fraction of sp³-hybridized carbons (Fsp3) is 0.571. The number of nitrogens with zero attached hydrogens (tertiary/aromatic N) is 3. The van der Waals surface area contributed by atoms with E-state index in [1.807, 2.05) is 42.2 Å². The number of hydrogen-bond acceptors (Lipinski definition) is 3. The number of likely N-dealkylation sites (N-methyl/N-ethyl adjacent to an activating group) is 1. The Kier molecular flexibility index (Phi) is 7.49. The normalized spacial score (nSPS) is 17.0. The lowest BCUT2D eigenvalue weighted by Crippen LogP contribution is -2.54. The van der Waals surface area contributed by atoms with Crippen LogP contribution in [0.1, 0.15) is 26.3 Å². The SMILES string of the molecule is CC(C)CN(CC#Cc1ccccc1)C(=O)[C@H](C)N1CCN(C)CC1. The summed E-state index contributed by atoms with van der Waals surface area (Å²) < 4.78 is 0. The standard InChI is InChI=1S/C21H31N3O/c1-18(2)17-24(12-8-11-20-9-6-5-7-10-20)21(25)19(3)23-15-13-22(4)14-16-23/h5-7,9-10,18-19H,12-17H2,1-4H3/t19-/m0/s1. The zero-order valence-corrected chi connectivity index (χ0v) is 16.0. The third-order valence-electron chi connectivity index (χ3n) is 4.62. The molecule has 0 aromatic heterocycles. The first-order valence-electron chi connectivity index (χ1n) is 9.22. The molecule has 0 bridgehead atoms. The third-order valence-corrected chi connectivity index (χ3v) is 4.62. The van der Waals surface area contributed by atoms with Gasteiger partial charge in [-0.3, -0.25) is 9.69 Å². The summed E-state index contributed by atoms with van der Waals surface area (Å²) in [6, 6.07) is 9.86. The van der Waals surface area contributed by atoms with Crippen molar-refractivity contribution in [3.05, 3.63) is 35.9 Å². The molecule has 4 heteroatoms. The van der Waals surface area contributed by atoms with Crippen molar-refractivity contribution in [1.29, 1.82) is 0 Å². The molecule has 4 nitrogen and oxygen atoms in total. The van der Waals surface area contributed by atoms with Crippen molar-refractivity contribution in [3.63, 3.8) is 0 Å². The molecule has 0 spiro atoms. The highest BCUT2D eigenvalue weighted by Crippen LogP contribution is 2.10. The van der Waals surface area contributed by atoms with Crippen LogP contribution in [0.3, 0.4) is 0 Å². The molecule has 0 radical (unpaired) electrons. The van der Waals surface area contributed by atoms with E-state index in [1.165, 1.54) is 0 Å². The van der Waals surface area contributed by atoms with Gasteiger partial charge in [0.2, 0.25) is 5.91 Å². The zero-order valence-electron chi connectivity index (χ0n) is 16.0. The van der Waals surface area contributed by atoms with E-state index in [0.29, 0.717) is 12.5 Å². The van der Waals surface area contributed by atoms with Crippen LogP contribution in [0.5, 0.6) is 0 Å². The summed E-state index contributed by atoms with van der Waals surface area (Å²) in [6.07, 6.45) is 0. The second kappa shape index (κ2) is 9.60. The van der Waals surface area contributed by atoms with E-state index in [-0.39, 0.29) is 11.9 Å². The summed E-state index contributed by atoms with van der Waals surface area (Å²) in [4.78, 5) is 19.5. The third kappa shape index (κ3) is 6.19. The van der Waals surface area contributed by atoms with Gasteiger partial charge in [-0.15, -0.1) is 0 Å². The van der Waals surface area contributed by atoms with Crippen LogP contribution in [-0.2, 0) is 4.79 Å². The van der Waals surface area contributed by atoms with E-state index in [1.54, 1.807) is 0 Å². The quantitative estimate of drug-likeness (QED) is 0.768. The number of amides is 1. The highest BCUT2D eigenvalue weighted by molar-refractivity contribution is 5.81. The Balaban J connectivity index is 2.00. The van der Waals surface area contributed by atoms with Gasteiger partial charge in [0.1, 0.15) is 0 Å². The number of benzene rings is 1. The van der Waals surface area contributed by atoms with Crippen LogP contribution in [0.2, 0.25) is 0 Å². The van der Waals surface area contributed by atoms with Crippen molar-refractivity contribution in [3.8, 4) is 11.8 Å². The van der Waals surface area contributed by atoms with Gasteiger partial charge in [-0.2, -0.15) is 0 Å². The van der Waals surface area contributed by atoms with E-state index >= 15 is 0 Å². The number of piperazine rings is 1. The molecule has 136 valence electrons. The first-order valence-corrected chi connectivity index (χ1v) is 9.22. The lowest BCUT2D eigenvalue weighted by molar-refractivity contribution is -0.137. The fourth-order valence-corrected chi connectivity index (χ4v) is 3.06. The average molecular weight is 341 g/mol. The van der Waals surface area contributed by atoms with Gasteiger partial charge in [0.25, 0.3) is 0 Å². The monoisotopic (exact) mass is 341 g/mol. The first kappa shape index (κ1) is 19.5. The molecule has 1 aromatic rings. The molecular weight excluding hydrogens is 310 g/mol. The van der Waals surface area contributed by atoms with Crippen molar-refractivity contribution < 1.29 is 4.79 Å². The largest absolute Gasteiger partial charge is 0.330 e. The van der Waals surface area contributed by atoms with Gasteiger partial charge in [-0.1, -0.05) is 43.9 Å². The maximum atomic E-state index is 13.0. The Labute approximate surface area is 152 Å². The van der Waals surface area contributed by atoms with Gasteiger partial charge in [0, 0.05) is 38.3 Å². The molecule has 1 atom stereocenters. The van der Waals surface area contributed by atoms with Crippen molar-refractivity contribution in [2.45, 2.75) is 26.8 Å². The number of carbonyl (C=O) groups excluding carboxylic acids is 1. The summed E-state index contributed by atoms with van der Waals surface area (Å²) in [5.74, 6) is 6.97. The van der Waals surface area contributed by atoms with Crippen LogP contribution < -0.4 is 0 Å². The maximum Gasteiger partial charge on any atom is 0.240 e. The van der Waals surface area contributed by atoms with Gasteiger partial charge in [-0.25, -0.2) is 0 Å². The molecule has 1 fully saturated rings. The summed E-state index contributed by atoms with van der Waals surface area (Å²) in [7, 11) is 2.13. The molecule has 0 saturated carbocycles. The van der Waals surface area contributed by atoms with Crippen LogP contribution in [0.15, 0.2) is 30.3 Å². The Morgan fingerprint density at radius 2 is 1.76 bits per heavy atom. The minimum atomic E-state index is -0.0778. The predicted octanol–water partition coefficient (Wildman–Crippen LogP) is 2.16. The lowest BCUT2D eigenvalue weighted by Gasteiger charge is -2.37. The summed E-state index contributed by atoms with van der Waals surface area (Å²) in [6.45, 7) is 11.5. The van der Waals surface area contributed by atoms with Gasteiger partial charge < -0.3 is 9.80 Å². The van der Waals surface area contributed by atoms with Gasteiger partial charge in [-0.05, 0) is 32.0 Å². The molecule has 1 aliphatic rings. The molecule has 0 aliphatic carbocycles. The zero-order chi connectivity index (χ0) is 18.2. The molecule has 25 heavy (non-hydrogen) atoms. The van der Waals surface area contributed by atoms with Gasteiger partial charge >= 0.3 is 0 Å². The molecule has 2 rings (SSSR count). The van der Waals surface area contributed by atoms with E-state index in [4.69, 9.17) is 0 Å². The van der Waals surface area contributed by atoms with Crippen molar-refractivity contribution in [2.75, 3.05) is 46.3 Å². The van der Waals surface area contributed by atoms with Crippen molar-refractivity contribution in [1.82, 2.24) is 14.7 Å². The second-order valence-electron chi connectivity index (χ2n) is 7.30. The fourth-order valence-electron chi connectivity index (χ4n) is 3.06. The lowest BCUT2D eigenvalue weighted by atomic mass is 10.1. The van der Waals surface area contributed by atoms with E-state index in [9.17, 15) is 4.79 Å². The Morgan fingerprint density at radius 1 is 1.12 bits per heavy atom. The smallest absolute Gasteiger partial charge is 0.240 e. The van der Waals surface area contributed by atoms with Crippen LogP contribution in [-0.4, -0.2) is 73.0 Å².